The largest absolute Gasteiger partial charge is 0.471 e. The zero-order valence-electron chi connectivity index (χ0n) is 38.7. The van der Waals surface area contributed by atoms with Crippen LogP contribution in [-0.2, 0) is 40.1 Å². The number of hydrogen-bond acceptors (Lipinski definition) is 15. The van der Waals surface area contributed by atoms with Crippen molar-refractivity contribution in [3.8, 4) is 0 Å². The molecule has 7 amide bonds. The first kappa shape index (κ1) is 55.0. The highest BCUT2D eigenvalue weighted by Gasteiger charge is 2.40. The average Bonchev–Trinajstić information content (AvgIpc) is 4.10. The van der Waals surface area contributed by atoms with Crippen LogP contribution in [0.1, 0.15) is 74.8 Å². The monoisotopic (exact) mass is 1020 g/mol. The van der Waals surface area contributed by atoms with Gasteiger partial charge in [-0.2, -0.15) is 13.2 Å². The topological polar surface area (TPSA) is 287 Å². The summed E-state index contributed by atoms with van der Waals surface area (Å²) in [6, 6.07) is 8.12. The van der Waals surface area contributed by atoms with Crippen molar-refractivity contribution in [1.82, 2.24) is 36.1 Å². The predicted octanol–water partition coefficient (Wildman–Crippen LogP) is 2.51. The Kier molecular flexibility index (Phi) is 20.7. The van der Waals surface area contributed by atoms with Gasteiger partial charge in [0.15, 0.2) is 6.29 Å². The first-order chi connectivity index (χ1) is 33.3. The minimum Gasteiger partial charge on any atom is -0.445 e. The standard InChI is InChI=1S/C45H59F3N10O10S2/c1-57(2)21-9-7-14-30(53-38(62)33-15-10-22-58(33)41(63)31(18-19-35(49)59)56-44(67)68-24-26-11-4-3-5-12-26)37(61)52-29(13-6-8-20-50-43(66)45(46,47)48)36(60)51-27-16-17-28-34(23-27)70-40(54-28)39-55-32(25-69-39)42(64)65/h3-5,11-12,16-17,23,29-33,42,64-65H,6-10,13-15,18-22,24-25H2,1-2H3,(H2,49,59)(H,50,66)(H,51,60)(H,52,61)(H,53,62)(H,56,67)/t29-,30-,31-,32+,33-/m0/s1. The van der Waals surface area contributed by atoms with E-state index in [0.29, 0.717) is 63.1 Å². The summed E-state index contributed by atoms with van der Waals surface area (Å²) >= 11 is 2.59. The van der Waals surface area contributed by atoms with Crippen LogP contribution in [-0.4, -0.2) is 154 Å². The molecule has 0 saturated carbocycles. The second-order valence-corrected chi connectivity index (χ2v) is 19.1. The number of nitrogens with one attached hydrogen (secondary N) is 5. The highest BCUT2D eigenvalue weighted by Crippen LogP contribution is 2.32. The molecule has 5 atom stereocenters. The number of unbranched alkanes of at least 4 members (excludes halogenated alkanes) is 2. The Labute approximate surface area is 410 Å². The van der Waals surface area contributed by atoms with Gasteiger partial charge < -0.3 is 57.1 Å². The van der Waals surface area contributed by atoms with Crippen molar-refractivity contribution in [1.29, 1.82) is 0 Å². The summed E-state index contributed by atoms with van der Waals surface area (Å²) in [6.07, 6.45) is -6.27. The van der Waals surface area contributed by atoms with Crippen LogP contribution in [0.5, 0.6) is 0 Å². The van der Waals surface area contributed by atoms with E-state index in [1.165, 1.54) is 28.0 Å². The number of carbonyl (C=O) groups is 7. The molecule has 3 aromatic rings. The van der Waals surface area contributed by atoms with E-state index in [0.717, 1.165) is 0 Å². The maximum atomic E-state index is 14.3. The number of anilines is 1. The fourth-order valence-electron chi connectivity index (χ4n) is 7.57. The van der Waals surface area contributed by atoms with Gasteiger partial charge in [-0.25, -0.2) is 9.78 Å². The van der Waals surface area contributed by atoms with Crippen LogP contribution < -0.4 is 32.3 Å². The summed E-state index contributed by atoms with van der Waals surface area (Å²) in [5, 5.41) is 32.8. The van der Waals surface area contributed by atoms with E-state index in [-0.39, 0.29) is 64.6 Å². The molecule has 20 nitrogen and oxygen atoms in total. The molecule has 0 unspecified atom stereocenters. The molecule has 0 radical (unpaired) electrons. The second kappa shape index (κ2) is 26.4. The zero-order chi connectivity index (χ0) is 51.0. The van der Waals surface area contributed by atoms with Crippen molar-refractivity contribution < 1.29 is 61.7 Å². The minimum atomic E-state index is -5.08. The maximum Gasteiger partial charge on any atom is 0.471 e. The molecule has 9 N–H and O–H groups in total. The van der Waals surface area contributed by atoms with Gasteiger partial charge in [-0.3, -0.25) is 33.8 Å². The van der Waals surface area contributed by atoms with E-state index in [9.17, 15) is 56.9 Å². The van der Waals surface area contributed by atoms with E-state index >= 15 is 0 Å². The summed E-state index contributed by atoms with van der Waals surface area (Å²) < 4.78 is 44.4. The number of amides is 7. The molecular weight excluding hydrogens is 962 g/mol. The van der Waals surface area contributed by atoms with E-state index in [2.05, 4.69) is 31.2 Å². The molecule has 70 heavy (non-hydrogen) atoms. The number of thioether (sulfide) groups is 1. The number of ether oxygens (including phenoxy) is 1. The zero-order valence-corrected chi connectivity index (χ0v) is 40.3. The number of halogens is 3. The van der Waals surface area contributed by atoms with Gasteiger partial charge in [0, 0.05) is 31.0 Å². The molecule has 5 rings (SSSR count). The van der Waals surface area contributed by atoms with Crippen molar-refractivity contribution in [3.63, 3.8) is 0 Å². The molecule has 1 fully saturated rings. The third-order valence-electron chi connectivity index (χ3n) is 11.3. The lowest BCUT2D eigenvalue weighted by atomic mass is 10.0. The van der Waals surface area contributed by atoms with Gasteiger partial charge in [-0.15, -0.1) is 23.1 Å². The molecule has 0 aliphatic carbocycles. The number of rotatable bonds is 25. The summed E-state index contributed by atoms with van der Waals surface area (Å²) in [6.45, 7) is 0.315. The van der Waals surface area contributed by atoms with Crippen molar-refractivity contribution in [3.05, 3.63) is 59.1 Å². The fourth-order valence-corrected chi connectivity index (χ4v) is 9.72. The van der Waals surface area contributed by atoms with E-state index in [4.69, 9.17) is 10.5 Å². The summed E-state index contributed by atoms with van der Waals surface area (Å²) in [5.74, 6) is -5.25. The SMILES string of the molecule is CN(C)CCCC[C@H](NC(=O)[C@@H]1CCCN1C(=O)[C@H](CCC(N)=O)NC(=O)OCc1ccccc1)C(=O)N[C@@H](CCCCNC(=O)C(F)(F)F)C(=O)Nc1ccc2nc(C3=N[C@@H](C(O)O)CS3)sc2c1. The van der Waals surface area contributed by atoms with Crippen molar-refractivity contribution >= 4 is 85.6 Å². The highest BCUT2D eigenvalue weighted by atomic mass is 32.2. The molecule has 3 heterocycles. The van der Waals surface area contributed by atoms with E-state index in [1.54, 1.807) is 53.8 Å². The average molecular weight is 1020 g/mol. The minimum absolute atomic E-state index is 0.0173. The van der Waals surface area contributed by atoms with Gasteiger partial charge in [-0.05, 0) is 102 Å². The van der Waals surface area contributed by atoms with Crippen LogP contribution >= 0.6 is 23.1 Å². The summed E-state index contributed by atoms with van der Waals surface area (Å²) in [5.41, 5.74) is 6.97. The number of likely N-dealkylation sites (tertiary alicyclic amines) is 1. The number of benzene rings is 2. The van der Waals surface area contributed by atoms with Gasteiger partial charge in [0.1, 0.15) is 46.9 Å². The Bertz CT molecular complexity index is 2340. The number of nitrogens with zero attached hydrogens (tertiary/aromatic N) is 4. The number of carbonyl (C=O) groups excluding carboxylic acids is 7. The predicted molar refractivity (Wildman–Crippen MR) is 255 cm³/mol. The number of aliphatic imine (C=N–C) groups is 1. The number of thiazole rings is 1. The summed E-state index contributed by atoms with van der Waals surface area (Å²) in [4.78, 5) is 105. The van der Waals surface area contributed by atoms with Gasteiger partial charge in [0.05, 0.1) is 10.2 Å². The molecular formula is C45H59F3N10O10S2. The van der Waals surface area contributed by atoms with Gasteiger partial charge >= 0.3 is 18.2 Å². The van der Waals surface area contributed by atoms with Crippen LogP contribution in [0.2, 0.25) is 0 Å². The number of fused-ring (bicyclic) bond motifs is 1. The number of alkyl carbamates (subject to hydrolysis) is 1. The van der Waals surface area contributed by atoms with E-state index in [1.807, 2.05) is 19.0 Å². The normalized spacial score (nSPS) is 17.2. The van der Waals surface area contributed by atoms with Crippen molar-refractivity contribution in [2.45, 2.75) is 113 Å². The Morgan fingerprint density at radius 1 is 0.914 bits per heavy atom. The van der Waals surface area contributed by atoms with Crippen molar-refractivity contribution in [2.24, 2.45) is 10.7 Å². The van der Waals surface area contributed by atoms with Crippen molar-refractivity contribution in [2.75, 3.05) is 44.8 Å². The molecule has 1 aromatic heterocycles. The number of aliphatic hydroxyl groups excluding tert-OH is 1. The van der Waals surface area contributed by atoms with E-state index < -0.39 is 84.2 Å². The summed E-state index contributed by atoms with van der Waals surface area (Å²) in [7, 11) is 3.75. The van der Waals surface area contributed by atoms with Gasteiger partial charge in [-0.1, -0.05) is 30.3 Å². The van der Waals surface area contributed by atoms with Crippen LogP contribution in [0.4, 0.5) is 23.7 Å². The quantitative estimate of drug-likeness (QED) is 0.0448. The third-order valence-corrected chi connectivity index (χ3v) is 13.5. The Balaban J connectivity index is 1.31. The van der Waals surface area contributed by atoms with Crippen LogP contribution in [0.25, 0.3) is 10.2 Å². The number of nitrogens with two attached hydrogens (primary N) is 1. The Morgan fingerprint density at radius 2 is 1.63 bits per heavy atom. The molecule has 2 aromatic carbocycles. The fraction of sp³-hybridized carbons (Fsp3) is 0.533. The Hall–Kier alpha value is -5.89. The highest BCUT2D eigenvalue weighted by molar-refractivity contribution is 8.15. The first-order valence-electron chi connectivity index (χ1n) is 22.7. The number of aromatic nitrogens is 1. The lowest BCUT2D eigenvalue weighted by Crippen LogP contribution is -2.57. The Morgan fingerprint density at radius 3 is 2.30 bits per heavy atom. The molecule has 382 valence electrons. The number of primary amides is 1. The molecule has 0 bridgehead atoms. The van der Waals surface area contributed by atoms with Crippen LogP contribution in [0.15, 0.2) is 53.5 Å². The molecule has 25 heteroatoms. The molecule has 1 saturated heterocycles. The second-order valence-electron chi connectivity index (χ2n) is 17.0. The molecule has 2 aliphatic heterocycles. The number of aliphatic hydroxyl groups is 2. The molecule has 0 spiro atoms. The van der Waals surface area contributed by atoms with Crippen LogP contribution in [0.3, 0.4) is 0 Å². The third kappa shape index (κ3) is 16.9. The van der Waals surface area contributed by atoms with Gasteiger partial charge in [0.2, 0.25) is 29.5 Å². The lowest BCUT2D eigenvalue weighted by Gasteiger charge is -2.30. The van der Waals surface area contributed by atoms with Gasteiger partial charge in [0.25, 0.3) is 0 Å². The van der Waals surface area contributed by atoms with Crippen LogP contribution in [0, 0.1) is 0 Å². The number of alkyl halides is 3. The number of hydrogen-bond donors (Lipinski definition) is 8. The molecule has 2 aliphatic rings. The lowest BCUT2D eigenvalue weighted by molar-refractivity contribution is -0.173. The first-order valence-corrected chi connectivity index (χ1v) is 24.5. The maximum absolute atomic E-state index is 14.3. The smallest absolute Gasteiger partial charge is 0.445 e.